The second-order valence-corrected chi connectivity index (χ2v) is 6.85. The van der Waals surface area contributed by atoms with Crippen molar-refractivity contribution in [2.75, 3.05) is 13.1 Å². The fraction of sp³-hybridized carbons (Fsp3) is 0.471. The number of hydrogen-bond acceptors (Lipinski definition) is 3. The highest BCUT2D eigenvalue weighted by atomic mass is 35.5. The summed E-state index contributed by atoms with van der Waals surface area (Å²) in [6.07, 6.45) is 0.991. The minimum atomic E-state index is -0.410. The molecule has 0 fully saturated rings. The van der Waals surface area contributed by atoms with E-state index in [9.17, 15) is 0 Å². The van der Waals surface area contributed by atoms with E-state index in [0.29, 0.717) is 0 Å². The van der Waals surface area contributed by atoms with Crippen LogP contribution in [0.25, 0.3) is 10.9 Å². The molecule has 0 aliphatic carbocycles. The molecule has 2 heterocycles. The lowest BCUT2D eigenvalue weighted by molar-refractivity contribution is 0.263. The molecule has 0 radical (unpaired) electrons. The Morgan fingerprint density at radius 3 is 2.81 bits per heavy atom. The van der Waals surface area contributed by atoms with E-state index in [-0.39, 0.29) is 0 Å². The highest BCUT2D eigenvalue weighted by Gasteiger charge is 2.28. The molecule has 0 amide bonds. The average molecular weight is 304 g/mol. The van der Waals surface area contributed by atoms with Crippen LogP contribution in [0.4, 0.5) is 0 Å². The number of nitrogens with zero attached hydrogens (tertiary/aromatic N) is 2. The molecule has 2 N–H and O–H groups in total. The molecule has 4 heteroatoms. The highest BCUT2D eigenvalue weighted by molar-refractivity contribution is 6.31. The molecule has 1 aliphatic heterocycles. The molecule has 1 aromatic heterocycles. The summed E-state index contributed by atoms with van der Waals surface area (Å²) in [6, 6.07) is 5.90. The Kier molecular flexibility index (Phi) is 3.68. The quantitative estimate of drug-likeness (QED) is 0.924. The highest BCUT2D eigenvalue weighted by Crippen LogP contribution is 2.35. The van der Waals surface area contributed by atoms with Gasteiger partial charge in [0.05, 0.1) is 5.52 Å². The van der Waals surface area contributed by atoms with Gasteiger partial charge in [0.15, 0.2) is 0 Å². The van der Waals surface area contributed by atoms with Gasteiger partial charge in [-0.1, -0.05) is 18.5 Å². The zero-order valence-corrected chi connectivity index (χ0v) is 13.7. The summed E-state index contributed by atoms with van der Waals surface area (Å²) in [6.45, 7) is 9.38. The summed E-state index contributed by atoms with van der Waals surface area (Å²) in [4.78, 5) is 7.30. The van der Waals surface area contributed by atoms with Gasteiger partial charge in [-0.2, -0.15) is 0 Å². The molecule has 0 bridgehead atoms. The van der Waals surface area contributed by atoms with Crippen LogP contribution < -0.4 is 5.73 Å². The Hall–Kier alpha value is -1.16. The summed E-state index contributed by atoms with van der Waals surface area (Å²) in [5, 5.41) is 1.82. The fourth-order valence-corrected chi connectivity index (χ4v) is 3.45. The first kappa shape index (κ1) is 14.8. The number of nitrogens with two attached hydrogens (primary N) is 1. The number of aromatic nitrogens is 1. The van der Waals surface area contributed by atoms with Crippen molar-refractivity contribution in [1.82, 2.24) is 9.88 Å². The van der Waals surface area contributed by atoms with E-state index in [1.54, 1.807) is 0 Å². The van der Waals surface area contributed by atoms with Gasteiger partial charge >= 0.3 is 0 Å². The number of likely N-dealkylation sites (N-methyl/N-ethyl adjacent to an activating group) is 1. The zero-order chi connectivity index (χ0) is 15.2. The largest absolute Gasteiger partial charge is 0.322 e. The molecule has 2 aromatic rings. The molecule has 0 spiro atoms. The Morgan fingerprint density at radius 1 is 1.38 bits per heavy atom. The van der Waals surface area contributed by atoms with Crippen LogP contribution in [-0.4, -0.2) is 23.0 Å². The first-order chi connectivity index (χ1) is 9.90. The monoisotopic (exact) mass is 303 g/mol. The second-order valence-electron chi connectivity index (χ2n) is 6.41. The topological polar surface area (TPSA) is 42.2 Å². The summed E-state index contributed by atoms with van der Waals surface area (Å²) in [5.74, 6) is 0. The van der Waals surface area contributed by atoms with Crippen molar-refractivity contribution in [3.8, 4) is 0 Å². The van der Waals surface area contributed by atoms with Crippen molar-refractivity contribution in [3.05, 3.63) is 40.0 Å². The predicted octanol–water partition coefficient (Wildman–Crippen LogP) is 3.46. The lowest BCUT2D eigenvalue weighted by atomic mass is 9.85. The summed E-state index contributed by atoms with van der Waals surface area (Å²) in [7, 11) is 0. The second kappa shape index (κ2) is 5.24. The van der Waals surface area contributed by atoms with Crippen molar-refractivity contribution in [2.24, 2.45) is 5.73 Å². The molecule has 0 atom stereocenters. The normalized spacial score (nSPS) is 16.2. The maximum atomic E-state index is 6.49. The molecule has 3 rings (SSSR count). The van der Waals surface area contributed by atoms with Gasteiger partial charge in [-0.15, -0.1) is 0 Å². The van der Waals surface area contributed by atoms with E-state index in [0.717, 1.165) is 42.0 Å². The van der Waals surface area contributed by atoms with Gasteiger partial charge in [0.25, 0.3) is 0 Å². The van der Waals surface area contributed by atoms with E-state index in [1.807, 2.05) is 18.2 Å². The molecule has 0 saturated carbocycles. The molecule has 3 nitrogen and oxygen atoms in total. The number of benzene rings is 1. The van der Waals surface area contributed by atoms with Crippen LogP contribution in [0.15, 0.2) is 18.2 Å². The first-order valence-electron chi connectivity index (χ1n) is 7.53. The number of hydrogen-bond donors (Lipinski definition) is 1. The smallest absolute Gasteiger partial charge is 0.0710 e. The number of rotatable bonds is 2. The van der Waals surface area contributed by atoms with E-state index in [2.05, 4.69) is 25.7 Å². The van der Waals surface area contributed by atoms with Crippen molar-refractivity contribution in [2.45, 2.75) is 39.3 Å². The third-order valence-electron chi connectivity index (χ3n) is 4.27. The van der Waals surface area contributed by atoms with Gasteiger partial charge in [-0.25, -0.2) is 0 Å². The van der Waals surface area contributed by atoms with Gasteiger partial charge in [0.2, 0.25) is 0 Å². The minimum absolute atomic E-state index is 0.410. The molecule has 1 aromatic carbocycles. The molecular formula is C17H22ClN3. The third kappa shape index (κ3) is 2.66. The maximum absolute atomic E-state index is 6.49. The van der Waals surface area contributed by atoms with Crippen molar-refractivity contribution in [1.29, 1.82) is 0 Å². The van der Waals surface area contributed by atoms with Crippen molar-refractivity contribution < 1.29 is 0 Å². The third-order valence-corrected chi connectivity index (χ3v) is 4.51. The molecule has 21 heavy (non-hydrogen) atoms. The summed E-state index contributed by atoms with van der Waals surface area (Å²) in [5.41, 5.74) is 10.8. The van der Waals surface area contributed by atoms with Gasteiger partial charge < -0.3 is 5.73 Å². The Balaban J connectivity index is 2.32. The van der Waals surface area contributed by atoms with Crippen LogP contribution in [0.2, 0.25) is 5.02 Å². The van der Waals surface area contributed by atoms with Crippen LogP contribution >= 0.6 is 11.6 Å². The average Bonchev–Trinajstić information content (AvgIpc) is 2.42. The number of pyridine rings is 1. The van der Waals surface area contributed by atoms with Crippen LogP contribution in [0.5, 0.6) is 0 Å². The lowest BCUT2D eigenvalue weighted by Gasteiger charge is -2.33. The minimum Gasteiger partial charge on any atom is -0.322 e. The predicted molar refractivity (Wildman–Crippen MR) is 88.6 cm³/mol. The van der Waals surface area contributed by atoms with Crippen molar-refractivity contribution >= 4 is 22.5 Å². The van der Waals surface area contributed by atoms with E-state index < -0.39 is 5.54 Å². The van der Waals surface area contributed by atoms with E-state index in [4.69, 9.17) is 22.3 Å². The molecule has 112 valence electrons. The fourth-order valence-electron chi connectivity index (χ4n) is 3.28. The molecular weight excluding hydrogens is 282 g/mol. The van der Waals surface area contributed by atoms with Crippen LogP contribution in [0.1, 0.15) is 37.6 Å². The standard InChI is InChI=1S/C17H22ClN3/c1-4-21-8-7-15-13(10-21)16(17(2,3)19)12-9-11(18)5-6-14(12)20-15/h5-6,9H,4,7-8,10,19H2,1-3H3. The van der Waals surface area contributed by atoms with E-state index >= 15 is 0 Å². The Morgan fingerprint density at radius 2 is 2.14 bits per heavy atom. The van der Waals surface area contributed by atoms with Gasteiger partial charge in [0, 0.05) is 41.2 Å². The zero-order valence-electron chi connectivity index (χ0n) is 12.9. The molecule has 0 unspecified atom stereocenters. The summed E-state index contributed by atoms with van der Waals surface area (Å²) < 4.78 is 0. The Labute approximate surface area is 131 Å². The van der Waals surface area contributed by atoms with Crippen molar-refractivity contribution in [3.63, 3.8) is 0 Å². The van der Waals surface area contributed by atoms with Crippen LogP contribution in [0, 0.1) is 0 Å². The van der Waals surface area contributed by atoms with Gasteiger partial charge in [-0.05, 0) is 49.7 Å². The van der Waals surface area contributed by atoms with Gasteiger partial charge in [-0.3, -0.25) is 9.88 Å². The number of fused-ring (bicyclic) bond motifs is 2. The summed E-state index contributed by atoms with van der Waals surface area (Å²) >= 11 is 6.20. The maximum Gasteiger partial charge on any atom is 0.0710 e. The number of halogens is 1. The molecule has 1 aliphatic rings. The Bertz CT molecular complexity index is 688. The van der Waals surface area contributed by atoms with Crippen LogP contribution in [-0.2, 0) is 18.5 Å². The lowest BCUT2D eigenvalue weighted by Crippen LogP contribution is -2.36. The van der Waals surface area contributed by atoms with Crippen LogP contribution in [0.3, 0.4) is 0 Å². The first-order valence-corrected chi connectivity index (χ1v) is 7.90. The van der Waals surface area contributed by atoms with Gasteiger partial charge in [0.1, 0.15) is 0 Å². The molecule has 0 saturated heterocycles. The van der Waals surface area contributed by atoms with E-state index in [1.165, 1.54) is 16.8 Å². The SMILES string of the molecule is CCN1CCc2nc3ccc(Cl)cc3c(C(C)(C)N)c2C1.